The standard InChI is InChI=1S/C15H20N2O3/c1-11-6-5-9-17(11)15(20)16-13(14(18)19)10-12-7-3-2-4-8-12/h2-4,7-8,11,13H,5-6,9-10H2,1H3,(H,16,20)(H,18,19)/t11?,13-/m1/s1. The van der Waals surface area contributed by atoms with Gasteiger partial charge in [0.15, 0.2) is 0 Å². The van der Waals surface area contributed by atoms with Crippen LogP contribution < -0.4 is 5.32 Å². The van der Waals surface area contributed by atoms with Crippen molar-refractivity contribution < 1.29 is 14.7 Å². The molecule has 0 radical (unpaired) electrons. The number of amides is 2. The van der Waals surface area contributed by atoms with E-state index >= 15 is 0 Å². The normalized spacial score (nSPS) is 19.6. The highest BCUT2D eigenvalue weighted by molar-refractivity contribution is 5.83. The highest BCUT2D eigenvalue weighted by atomic mass is 16.4. The average Bonchev–Trinajstić information content (AvgIpc) is 2.85. The molecule has 1 saturated heterocycles. The summed E-state index contributed by atoms with van der Waals surface area (Å²) in [5, 5.41) is 11.9. The number of carbonyl (C=O) groups is 2. The average molecular weight is 276 g/mol. The summed E-state index contributed by atoms with van der Waals surface area (Å²) in [6, 6.07) is 8.33. The third-order valence-corrected chi connectivity index (χ3v) is 3.69. The Balaban J connectivity index is 1.99. The molecule has 1 aromatic rings. The zero-order chi connectivity index (χ0) is 14.5. The molecule has 1 aliphatic rings. The van der Waals surface area contributed by atoms with Crippen LogP contribution in [0.4, 0.5) is 4.79 Å². The van der Waals surface area contributed by atoms with Gasteiger partial charge in [0.25, 0.3) is 0 Å². The van der Waals surface area contributed by atoms with Crippen molar-refractivity contribution in [2.75, 3.05) is 6.54 Å². The number of carboxylic acid groups (broad SMARTS) is 1. The molecule has 2 rings (SSSR count). The summed E-state index contributed by atoms with van der Waals surface area (Å²) in [7, 11) is 0. The molecule has 2 atom stereocenters. The lowest BCUT2D eigenvalue weighted by Gasteiger charge is -2.24. The van der Waals surface area contributed by atoms with Crippen LogP contribution >= 0.6 is 0 Å². The van der Waals surface area contributed by atoms with Crippen LogP contribution in [0.2, 0.25) is 0 Å². The Kier molecular flexibility index (Phi) is 4.61. The molecular weight excluding hydrogens is 256 g/mol. The molecule has 2 N–H and O–H groups in total. The number of aliphatic carboxylic acids is 1. The molecule has 108 valence electrons. The quantitative estimate of drug-likeness (QED) is 0.882. The molecule has 0 spiro atoms. The van der Waals surface area contributed by atoms with Gasteiger partial charge in [-0.05, 0) is 25.3 Å². The number of carbonyl (C=O) groups excluding carboxylic acids is 1. The van der Waals surface area contributed by atoms with Crippen molar-refractivity contribution in [2.45, 2.75) is 38.3 Å². The maximum absolute atomic E-state index is 12.1. The first kappa shape index (κ1) is 14.4. The molecular formula is C15H20N2O3. The Morgan fingerprint density at radius 1 is 1.40 bits per heavy atom. The first-order valence-corrected chi connectivity index (χ1v) is 6.92. The van der Waals surface area contributed by atoms with Crippen molar-refractivity contribution in [1.82, 2.24) is 10.2 Å². The third kappa shape index (κ3) is 3.50. The van der Waals surface area contributed by atoms with Crippen molar-refractivity contribution in [3.8, 4) is 0 Å². The van der Waals surface area contributed by atoms with Crippen LogP contribution in [0.3, 0.4) is 0 Å². The number of benzene rings is 1. The van der Waals surface area contributed by atoms with Crippen molar-refractivity contribution in [2.24, 2.45) is 0 Å². The second-order valence-electron chi connectivity index (χ2n) is 5.21. The van der Waals surface area contributed by atoms with Crippen molar-refractivity contribution >= 4 is 12.0 Å². The van der Waals surface area contributed by atoms with Crippen LogP contribution in [-0.4, -0.2) is 40.6 Å². The fourth-order valence-corrected chi connectivity index (χ4v) is 2.52. The third-order valence-electron chi connectivity index (χ3n) is 3.69. The summed E-state index contributed by atoms with van der Waals surface area (Å²) in [5.74, 6) is -1.01. The fourth-order valence-electron chi connectivity index (χ4n) is 2.52. The number of rotatable bonds is 4. The van der Waals surface area contributed by atoms with Crippen LogP contribution in [0.15, 0.2) is 30.3 Å². The number of urea groups is 1. The number of nitrogens with zero attached hydrogens (tertiary/aromatic N) is 1. The second-order valence-corrected chi connectivity index (χ2v) is 5.21. The molecule has 1 aromatic carbocycles. The van der Waals surface area contributed by atoms with Gasteiger partial charge in [-0.15, -0.1) is 0 Å². The molecule has 5 heteroatoms. The maximum atomic E-state index is 12.1. The predicted octanol–water partition coefficient (Wildman–Crippen LogP) is 1.88. The van der Waals surface area contributed by atoms with Gasteiger partial charge >= 0.3 is 12.0 Å². The molecule has 20 heavy (non-hydrogen) atoms. The van der Waals surface area contributed by atoms with Gasteiger partial charge in [0, 0.05) is 19.0 Å². The summed E-state index contributed by atoms with van der Waals surface area (Å²) in [6.07, 6.45) is 2.25. The zero-order valence-electron chi connectivity index (χ0n) is 11.6. The van der Waals surface area contributed by atoms with E-state index in [2.05, 4.69) is 5.32 Å². The zero-order valence-corrected chi connectivity index (χ0v) is 11.6. The van der Waals surface area contributed by atoms with E-state index in [1.807, 2.05) is 37.3 Å². The van der Waals surface area contributed by atoms with Crippen molar-refractivity contribution in [3.63, 3.8) is 0 Å². The highest BCUT2D eigenvalue weighted by Crippen LogP contribution is 2.16. The lowest BCUT2D eigenvalue weighted by molar-refractivity contribution is -0.139. The molecule has 1 fully saturated rings. The maximum Gasteiger partial charge on any atom is 0.326 e. The SMILES string of the molecule is CC1CCCN1C(=O)N[C@H](Cc1ccccc1)C(=O)O. The monoisotopic (exact) mass is 276 g/mol. The van der Waals surface area contributed by atoms with Crippen molar-refractivity contribution in [3.05, 3.63) is 35.9 Å². The number of hydrogen-bond donors (Lipinski definition) is 2. The van der Waals surface area contributed by atoms with E-state index in [0.29, 0.717) is 13.0 Å². The fraction of sp³-hybridized carbons (Fsp3) is 0.467. The first-order chi connectivity index (χ1) is 9.58. The molecule has 5 nitrogen and oxygen atoms in total. The molecule has 0 saturated carbocycles. The minimum Gasteiger partial charge on any atom is -0.480 e. The lowest BCUT2D eigenvalue weighted by atomic mass is 10.1. The number of hydrogen-bond acceptors (Lipinski definition) is 2. The van der Waals surface area contributed by atoms with Gasteiger partial charge in [0.05, 0.1) is 0 Å². The Labute approximate surface area is 118 Å². The Morgan fingerprint density at radius 2 is 2.10 bits per heavy atom. The summed E-state index contributed by atoms with van der Waals surface area (Å²) in [5.41, 5.74) is 0.898. The van der Waals surface area contributed by atoms with E-state index < -0.39 is 12.0 Å². The topological polar surface area (TPSA) is 69.6 Å². The van der Waals surface area contributed by atoms with Gasteiger partial charge in [-0.1, -0.05) is 30.3 Å². The second kappa shape index (κ2) is 6.41. The molecule has 1 aliphatic heterocycles. The van der Waals surface area contributed by atoms with Crippen LogP contribution in [-0.2, 0) is 11.2 Å². The Hall–Kier alpha value is -2.04. The molecule has 1 heterocycles. The van der Waals surface area contributed by atoms with Gasteiger partial charge in [-0.2, -0.15) is 0 Å². The van der Waals surface area contributed by atoms with Crippen LogP contribution in [0.1, 0.15) is 25.3 Å². The molecule has 0 bridgehead atoms. The lowest BCUT2D eigenvalue weighted by Crippen LogP contribution is -2.49. The smallest absolute Gasteiger partial charge is 0.326 e. The summed E-state index contributed by atoms with van der Waals surface area (Å²) in [4.78, 5) is 25.1. The first-order valence-electron chi connectivity index (χ1n) is 6.92. The van der Waals surface area contributed by atoms with E-state index in [1.54, 1.807) is 4.90 Å². The predicted molar refractivity (Wildman–Crippen MR) is 75.5 cm³/mol. The number of carboxylic acids is 1. The van der Waals surface area contributed by atoms with Crippen LogP contribution in [0.5, 0.6) is 0 Å². The summed E-state index contributed by atoms with van der Waals surface area (Å²) in [6.45, 7) is 2.68. The molecule has 1 unspecified atom stereocenters. The van der Waals surface area contributed by atoms with Crippen LogP contribution in [0.25, 0.3) is 0 Å². The van der Waals surface area contributed by atoms with Gasteiger partial charge in [0.1, 0.15) is 6.04 Å². The van der Waals surface area contributed by atoms with Gasteiger partial charge in [-0.25, -0.2) is 9.59 Å². The van der Waals surface area contributed by atoms with Crippen LogP contribution in [0, 0.1) is 0 Å². The number of likely N-dealkylation sites (tertiary alicyclic amines) is 1. The van der Waals surface area contributed by atoms with E-state index in [-0.39, 0.29) is 12.1 Å². The van der Waals surface area contributed by atoms with Gasteiger partial charge in [-0.3, -0.25) is 0 Å². The number of nitrogens with one attached hydrogen (secondary N) is 1. The summed E-state index contributed by atoms with van der Waals surface area (Å²) >= 11 is 0. The van der Waals surface area contributed by atoms with E-state index in [4.69, 9.17) is 0 Å². The van der Waals surface area contributed by atoms with E-state index in [0.717, 1.165) is 18.4 Å². The van der Waals surface area contributed by atoms with Gasteiger partial charge in [0.2, 0.25) is 0 Å². The van der Waals surface area contributed by atoms with E-state index in [1.165, 1.54) is 0 Å². The van der Waals surface area contributed by atoms with Gasteiger partial charge < -0.3 is 15.3 Å². The Bertz CT molecular complexity index is 475. The Morgan fingerprint density at radius 3 is 2.65 bits per heavy atom. The minimum atomic E-state index is -1.01. The van der Waals surface area contributed by atoms with Crippen molar-refractivity contribution in [1.29, 1.82) is 0 Å². The largest absolute Gasteiger partial charge is 0.480 e. The highest BCUT2D eigenvalue weighted by Gasteiger charge is 2.28. The molecule has 2 amide bonds. The molecule has 0 aromatic heterocycles. The minimum absolute atomic E-state index is 0.182. The van der Waals surface area contributed by atoms with E-state index in [9.17, 15) is 14.7 Å². The summed E-state index contributed by atoms with van der Waals surface area (Å²) < 4.78 is 0. The molecule has 0 aliphatic carbocycles.